The monoisotopic (exact) mass is 432 g/mol. The molecule has 7 nitrogen and oxygen atoms in total. The molecule has 0 atom stereocenters. The van der Waals surface area contributed by atoms with E-state index in [-0.39, 0.29) is 0 Å². The summed E-state index contributed by atoms with van der Waals surface area (Å²) in [6, 6.07) is 6.50. The molecular formula is C24H40N4O3. The molecule has 0 amide bonds. The summed E-state index contributed by atoms with van der Waals surface area (Å²) in [5, 5.41) is 7.27. The molecule has 1 aromatic carbocycles. The third-order valence-electron chi connectivity index (χ3n) is 6.89. The molecule has 0 unspecified atom stereocenters. The predicted molar refractivity (Wildman–Crippen MR) is 127 cm³/mol. The Labute approximate surface area is 187 Å². The van der Waals surface area contributed by atoms with Crippen LogP contribution < -0.4 is 25.0 Å². The van der Waals surface area contributed by atoms with Crippen LogP contribution in [0.15, 0.2) is 23.2 Å². The van der Waals surface area contributed by atoms with Crippen molar-refractivity contribution in [1.29, 1.82) is 0 Å². The lowest BCUT2D eigenvalue weighted by Crippen LogP contribution is -2.50. The number of aliphatic imine (C=N–C) groups is 1. The number of piperidine rings is 1. The van der Waals surface area contributed by atoms with E-state index in [2.05, 4.69) is 32.7 Å². The largest absolute Gasteiger partial charge is 0.497 e. The van der Waals surface area contributed by atoms with Gasteiger partial charge in [-0.15, -0.1) is 0 Å². The van der Waals surface area contributed by atoms with Crippen LogP contribution in [-0.2, 0) is 4.74 Å². The molecule has 31 heavy (non-hydrogen) atoms. The van der Waals surface area contributed by atoms with E-state index in [0.29, 0.717) is 11.5 Å². The Morgan fingerprint density at radius 1 is 1.06 bits per heavy atom. The second-order valence-electron chi connectivity index (χ2n) is 8.85. The van der Waals surface area contributed by atoms with Gasteiger partial charge in [0.15, 0.2) is 5.96 Å². The van der Waals surface area contributed by atoms with Crippen molar-refractivity contribution in [2.24, 2.45) is 10.4 Å². The number of anilines is 1. The molecule has 2 aliphatic rings. The third-order valence-corrected chi connectivity index (χ3v) is 6.89. The van der Waals surface area contributed by atoms with Gasteiger partial charge in [-0.3, -0.25) is 4.99 Å². The molecule has 1 aliphatic carbocycles. The number of nitrogens with zero attached hydrogens (tertiary/aromatic N) is 2. The summed E-state index contributed by atoms with van der Waals surface area (Å²) in [4.78, 5) is 6.89. The van der Waals surface area contributed by atoms with Gasteiger partial charge in [-0.1, -0.05) is 12.8 Å². The summed E-state index contributed by atoms with van der Waals surface area (Å²) in [6.07, 6.45) is 8.46. The smallest absolute Gasteiger partial charge is 0.191 e. The van der Waals surface area contributed by atoms with Crippen LogP contribution in [0, 0.1) is 5.41 Å². The van der Waals surface area contributed by atoms with Crippen LogP contribution in [0.5, 0.6) is 11.5 Å². The molecule has 1 heterocycles. The highest BCUT2D eigenvalue weighted by Crippen LogP contribution is 2.40. The normalized spacial score (nSPS) is 19.4. The van der Waals surface area contributed by atoms with E-state index in [9.17, 15) is 0 Å². The van der Waals surface area contributed by atoms with Crippen LogP contribution in [0.4, 0.5) is 5.69 Å². The maximum atomic E-state index is 5.43. The minimum absolute atomic E-state index is 0.350. The topological polar surface area (TPSA) is 67.4 Å². The molecule has 174 valence electrons. The summed E-state index contributed by atoms with van der Waals surface area (Å²) < 4.78 is 16.2. The Kier molecular flexibility index (Phi) is 8.69. The van der Waals surface area contributed by atoms with Crippen LogP contribution in [0.25, 0.3) is 0 Å². The van der Waals surface area contributed by atoms with Crippen molar-refractivity contribution in [3.63, 3.8) is 0 Å². The minimum Gasteiger partial charge on any atom is -0.497 e. The summed E-state index contributed by atoms with van der Waals surface area (Å²) in [5.74, 6) is 2.58. The van der Waals surface area contributed by atoms with Gasteiger partial charge in [-0.2, -0.15) is 0 Å². The van der Waals surface area contributed by atoms with E-state index < -0.39 is 0 Å². The zero-order valence-electron chi connectivity index (χ0n) is 19.7. The van der Waals surface area contributed by atoms with Gasteiger partial charge in [0.05, 0.1) is 14.2 Å². The number of hydrogen-bond donors (Lipinski definition) is 2. The average molecular weight is 433 g/mol. The van der Waals surface area contributed by atoms with E-state index in [1.165, 1.54) is 25.7 Å². The lowest BCUT2D eigenvalue weighted by molar-refractivity contribution is 0.138. The first-order chi connectivity index (χ1) is 15.1. The lowest BCUT2D eigenvalue weighted by Gasteiger charge is -2.35. The standard InChI is InChI=1S/C24H40N4O3/c1-25-23(26-18-24(11-14-29-2)9-5-6-10-24)27-19-7-12-28(13-8-19)20-15-21(30-3)17-22(16-20)31-4/h15-17,19H,5-14,18H2,1-4H3,(H2,25,26,27). The molecule has 7 heteroatoms. The summed E-state index contributed by atoms with van der Waals surface area (Å²) in [6.45, 7) is 3.78. The van der Waals surface area contributed by atoms with E-state index in [0.717, 1.165) is 68.6 Å². The first kappa shape index (κ1) is 23.5. The summed E-state index contributed by atoms with van der Waals surface area (Å²) >= 11 is 0. The molecule has 1 saturated carbocycles. The van der Waals surface area contributed by atoms with E-state index in [1.54, 1.807) is 21.3 Å². The molecule has 0 spiro atoms. The number of rotatable bonds is 9. The first-order valence-corrected chi connectivity index (χ1v) is 11.6. The van der Waals surface area contributed by atoms with Gasteiger partial charge < -0.3 is 29.7 Å². The van der Waals surface area contributed by atoms with Crippen molar-refractivity contribution in [3.8, 4) is 11.5 Å². The number of hydrogen-bond acceptors (Lipinski definition) is 5. The molecule has 1 aromatic rings. The highest BCUT2D eigenvalue weighted by molar-refractivity contribution is 5.80. The van der Waals surface area contributed by atoms with E-state index in [1.807, 2.05) is 13.1 Å². The molecule has 3 rings (SSSR count). The van der Waals surface area contributed by atoms with E-state index in [4.69, 9.17) is 14.2 Å². The quantitative estimate of drug-likeness (QED) is 0.460. The third kappa shape index (κ3) is 6.42. The predicted octanol–water partition coefficient (Wildman–Crippen LogP) is 3.43. The van der Waals surface area contributed by atoms with Crippen LogP contribution in [0.2, 0.25) is 0 Å². The summed E-state index contributed by atoms with van der Waals surface area (Å²) in [5.41, 5.74) is 1.50. The fourth-order valence-electron chi connectivity index (χ4n) is 4.87. The Bertz CT molecular complexity index is 689. The highest BCUT2D eigenvalue weighted by Gasteiger charge is 2.33. The van der Waals surface area contributed by atoms with Gasteiger partial charge >= 0.3 is 0 Å². The van der Waals surface area contributed by atoms with Gasteiger partial charge in [0.2, 0.25) is 0 Å². The van der Waals surface area contributed by atoms with Crippen molar-refractivity contribution < 1.29 is 14.2 Å². The van der Waals surface area contributed by atoms with Gasteiger partial charge in [-0.25, -0.2) is 0 Å². The molecule has 1 saturated heterocycles. The highest BCUT2D eigenvalue weighted by atomic mass is 16.5. The molecule has 2 fully saturated rings. The van der Waals surface area contributed by atoms with Crippen molar-refractivity contribution in [2.45, 2.75) is 51.0 Å². The SMILES string of the molecule is CN=C(NCC1(CCOC)CCCC1)NC1CCN(c2cc(OC)cc(OC)c2)CC1. The fraction of sp³-hybridized carbons (Fsp3) is 0.708. The maximum Gasteiger partial charge on any atom is 0.191 e. The van der Waals surface area contributed by atoms with Crippen LogP contribution in [-0.4, -0.2) is 66.6 Å². The molecule has 2 N–H and O–H groups in total. The minimum atomic E-state index is 0.350. The van der Waals surface area contributed by atoms with Crippen molar-refractivity contribution in [3.05, 3.63) is 18.2 Å². The molecular weight excluding hydrogens is 392 g/mol. The second-order valence-corrected chi connectivity index (χ2v) is 8.85. The van der Waals surface area contributed by atoms with Crippen LogP contribution >= 0.6 is 0 Å². The van der Waals surface area contributed by atoms with Gasteiger partial charge in [0.1, 0.15) is 11.5 Å². The zero-order chi connectivity index (χ0) is 22.1. The van der Waals surface area contributed by atoms with Crippen molar-refractivity contribution >= 4 is 11.6 Å². The van der Waals surface area contributed by atoms with Crippen LogP contribution in [0.3, 0.4) is 0 Å². The lowest BCUT2D eigenvalue weighted by atomic mass is 9.83. The molecule has 0 bridgehead atoms. The zero-order valence-corrected chi connectivity index (χ0v) is 19.7. The number of methoxy groups -OCH3 is 3. The van der Waals surface area contributed by atoms with Gasteiger partial charge in [0.25, 0.3) is 0 Å². The molecule has 0 radical (unpaired) electrons. The van der Waals surface area contributed by atoms with Crippen molar-refractivity contribution in [2.75, 3.05) is 59.5 Å². The molecule has 0 aromatic heterocycles. The number of nitrogens with one attached hydrogen (secondary N) is 2. The molecule has 1 aliphatic heterocycles. The maximum absolute atomic E-state index is 5.43. The van der Waals surface area contributed by atoms with E-state index >= 15 is 0 Å². The Morgan fingerprint density at radius 3 is 2.26 bits per heavy atom. The number of benzene rings is 1. The fourth-order valence-corrected chi connectivity index (χ4v) is 4.87. The first-order valence-electron chi connectivity index (χ1n) is 11.6. The number of guanidine groups is 1. The Morgan fingerprint density at radius 2 is 1.71 bits per heavy atom. The Hall–Kier alpha value is -2.15. The Balaban J connectivity index is 1.50. The van der Waals surface area contributed by atoms with Gasteiger partial charge in [0, 0.05) is 70.3 Å². The van der Waals surface area contributed by atoms with Gasteiger partial charge in [-0.05, 0) is 37.5 Å². The van der Waals surface area contributed by atoms with Crippen molar-refractivity contribution in [1.82, 2.24) is 10.6 Å². The average Bonchev–Trinajstić information content (AvgIpc) is 3.29. The van der Waals surface area contributed by atoms with Crippen LogP contribution in [0.1, 0.15) is 44.9 Å². The second kappa shape index (κ2) is 11.5. The summed E-state index contributed by atoms with van der Waals surface area (Å²) in [7, 11) is 7.05. The number of ether oxygens (including phenoxy) is 3.